The molecule has 0 unspecified atom stereocenters. The van der Waals surface area contributed by atoms with Gasteiger partial charge in [0.2, 0.25) is 0 Å². The van der Waals surface area contributed by atoms with Crippen molar-refractivity contribution in [2.75, 3.05) is 4.90 Å². The van der Waals surface area contributed by atoms with Gasteiger partial charge >= 0.3 is 0 Å². The van der Waals surface area contributed by atoms with Gasteiger partial charge in [0.25, 0.3) is 6.71 Å². The molecule has 0 aliphatic carbocycles. The largest absolute Gasteiger partial charge is 0.454 e. The van der Waals surface area contributed by atoms with Gasteiger partial charge < -0.3 is 27.8 Å². The molecule has 2 aliphatic rings. The lowest BCUT2D eigenvalue weighted by Crippen LogP contribution is -2.59. The summed E-state index contributed by atoms with van der Waals surface area (Å²) in [5.74, 6) is 1.19. The standard InChI is InChI=1S/C86H63BN4O2/c1-85(2,3)54-36-43-75-66(46-54)67-47-55(86(4,5)6)37-44-76(67)90(75)58-50-78-81-80(51-58)93-84-70(42-40-65-68-48-56(39-45-79(68)92-83(65)84)88-71-32-17-13-26-61(71)62-27-14-18-33-72(62)88)87(81)69-41-38-57(89-73-34-19-15-28-63(73)64-29-16-20-35-74(64)89)49-77(69)91(78)82-59(52-22-9-7-10-23-52)30-21-31-60(82)53-24-11-8-12-25-53/h7-51H,1-6H3/i15D,16D,19D,20D,28D,29D,34D,35D. The van der Waals surface area contributed by atoms with Crippen molar-refractivity contribution in [2.24, 2.45) is 0 Å². The average molecular weight is 1200 g/mol. The van der Waals surface area contributed by atoms with E-state index in [2.05, 4.69) is 232 Å². The van der Waals surface area contributed by atoms with Crippen LogP contribution >= 0.6 is 0 Å². The summed E-state index contributed by atoms with van der Waals surface area (Å²) >= 11 is 0. The first kappa shape index (κ1) is 45.9. The fourth-order valence-electron chi connectivity index (χ4n) is 15.2. The summed E-state index contributed by atoms with van der Waals surface area (Å²) in [5, 5.41) is 6.37. The molecular weight excluding hydrogens is 1130 g/mol. The molecule has 0 spiro atoms. The average Bonchev–Trinajstić information content (AvgIpc) is 1.41. The van der Waals surface area contributed by atoms with Gasteiger partial charge in [0.05, 0.1) is 55.4 Å². The zero-order valence-corrected chi connectivity index (χ0v) is 52.0. The van der Waals surface area contributed by atoms with Gasteiger partial charge in [0.15, 0.2) is 11.3 Å². The molecule has 0 amide bonds. The van der Waals surface area contributed by atoms with E-state index in [0.29, 0.717) is 34.0 Å². The number of para-hydroxylation sites is 5. The molecule has 13 aromatic carbocycles. The van der Waals surface area contributed by atoms with E-state index < -0.39 is 43.0 Å². The molecule has 0 atom stereocenters. The van der Waals surface area contributed by atoms with E-state index in [9.17, 15) is 5.48 Å². The van der Waals surface area contributed by atoms with E-state index in [1.54, 1.807) is 4.57 Å². The first-order valence-electron chi connectivity index (χ1n) is 35.9. The third-order valence-electron chi connectivity index (χ3n) is 19.6. The van der Waals surface area contributed by atoms with Crippen LogP contribution in [0.4, 0.5) is 17.1 Å². The number of anilines is 3. The summed E-state index contributed by atoms with van der Waals surface area (Å²) in [7, 11) is 0. The topological polar surface area (TPSA) is 40.4 Å². The molecule has 0 N–H and O–H groups in total. The van der Waals surface area contributed by atoms with Crippen LogP contribution in [0, 0.1) is 0 Å². The SMILES string of the molecule is [2H]c1c([2H])c([2H])c2c(c1[2H])c1c([2H])c([2H])c([2H])c([2H])c1n2-c1ccc2c(c1)N(c1c(-c3ccccc3)cccc1-c1ccccc1)c1cc(-n3c4ccc(C(C)(C)C)cc4c4cc(C(C)(C)C)ccc43)cc3c1B2c1ccc2c(oc4ccc(-n5c6ccccc6c6ccccc65)cc42)c1O3. The van der Waals surface area contributed by atoms with Gasteiger partial charge in [-0.2, -0.15) is 0 Å². The summed E-state index contributed by atoms with van der Waals surface area (Å²) in [6.07, 6.45) is 0. The van der Waals surface area contributed by atoms with E-state index in [4.69, 9.17) is 14.6 Å². The summed E-state index contributed by atoms with van der Waals surface area (Å²) in [6.45, 7) is 13.0. The van der Waals surface area contributed by atoms with Crippen LogP contribution in [-0.2, 0) is 10.8 Å². The normalized spacial score (nSPS) is 14.3. The number of hydrogen-bond acceptors (Lipinski definition) is 3. The first-order valence-corrected chi connectivity index (χ1v) is 31.9. The van der Waals surface area contributed by atoms with Crippen LogP contribution < -0.4 is 26.0 Å². The summed E-state index contributed by atoms with van der Waals surface area (Å²) in [6, 6.07) is 75.6. The van der Waals surface area contributed by atoms with Crippen molar-refractivity contribution in [3.05, 3.63) is 284 Å². The monoisotopic (exact) mass is 1200 g/mol. The highest BCUT2D eigenvalue weighted by atomic mass is 16.5. The first-order chi connectivity index (χ1) is 48.7. The third-order valence-corrected chi connectivity index (χ3v) is 19.6. The molecule has 17 aromatic rings. The second-order valence-corrected chi connectivity index (χ2v) is 27.0. The fraction of sp³-hybridized carbons (Fsp3) is 0.0930. The minimum absolute atomic E-state index is 0.00111. The molecule has 0 radical (unpaired) electrons. The Morgan fingerprint density at radius 2 is 0.892 bits per heavy atom. The van der Waals surface area contributed by atoms with Crippen LogP contribution in [-0.4, -0.2) is 20.4 Å². The second kappa shape index (κ2) is 19.6. The molecule has 6 heterocycles. The second-order valence-electron chi connectivity index (χ2n) is 27.0. The number of ether oxygens (including phenoxy) is 1. The maximum Gasteiger partial charge on any atom is 0.256 e. The lowest BCUT2D eigenvalue weighted by molar-refractivity contribution is 0.481. The molecule has 442 valence electrons. The summed E-state index contributed by atoms with van der Waals surface area (Å²) in [4.78, 5) is 2.34. The number of hydrogen-bond donors (Lipinski definition) is 0. The Balaban J connectivity index is 0.957. The number of nitrogens with zero attached hydrogens (tertiary/aromatic N) is 4. The molecule has 0 saturated carbocycles. The van der Waals surface area contributed by atoms with Gasteiger partial charge in [-0.3, -0.25) is 0 Å². The van der Waals surface area contributed by atoms with Crippen molar-refractivity contribution in [3.63, 3.8) is 0 Å². The quantitative estimate of drug-likeness (QED) is 0.156. The Bertz CT molecular complexity index is 6260. The van der Waals surface area contributed by atoms with Crippen LogP contribution in [0.3, 0.4) is 0 Å². The lowest BCUT2D eigenvalue weighted by atomic mass is 9.34. The van der Waals surface area contributed by atoms with Crippen LogP contribution in [0.1, 0.15) is 63.6 Å². The molecule has 19 rings (SSSR count). The third kappa shape index (κ3) is 7.90. The molecule has 4 aromatic heterocycles. The van der Waals surface area contributed by atoms with E-state index in [0.717, 1.165) is 105 Å². The van der Waals surface area contributed by atoms with Gasteiger partial charge in [-0.15, -0.1) is 0 Å². The van der Waals surface area contributed by atoms with E-state index in [1.807, 2.05) is 48.5 Å². The molecule has 0 saturated heterocycles. The van der Waals surface area contributed by atoms with Gasteiger partial charge in [0, 0.05) is 83.0 Å². The molecule has 7 heteroatoms. The summed E-state index contributed by atoms with van der Waals surface area (Å²) in [5.41, 5.74) is 18.7. The zero-order valence-electron chi connectivity index (χ0n) is 60.0. The number of furan rings is 1. The van der Waals surface area contributed by atoms with Gasteiger partial charge in [0.1, 0.15) is 11.3 Å². The highest BCUT2D eigenvalue weighted by Gasteiger charge is 2.45. The Morgan fingerprint density at radius 1 is 0.376 bits per heavy atom. The molecule has 0 bridgehead atoms. The molecule has 2 aliphatic heterocycles. The van der Waals surface area contributed by atoms with Crippen LogP contribution in [0.2, 0.25) is 0 Å². The molecular formula is C86H63BN4O2. The Hall–Kier alpha value is -11.3. The van der Waals surface area contributed by atoms with E-state index >= 15 is 0 Å². The molecule has 0 fully saturated rings. The maximum absolute atomic E-state index is 9.72. The zero-order chi connectivity index (χ0) is 69.1. The Morgan fingerprint density at radius 3 is 1.51 bits per heavy atom. The van der Waals surface area contributed by atoms with Crippen molar-refractivity contribution in [2.45, 2.75) is 52.4 Å². The fourth-order valence-corrected chi connectivity index (χ4v) is 15.2. The molecule has 93 heavy (non-hydrogen) atoms. The van der Waals surface area contributed by atoms with Crippen molar-refractivity contribution < 1.29 is 20.1 Å². The van der Waals surface area contributed by atoms with Crippen molar-refractivity contribution in [1.29, 1.82) is 0 Å². The van der Waals surface area contributed by atoms with E-state index in [-0.39, 0.29) is 44.7 Å². The molecule has 6 nitrogen and oxygen atoms in total. The number of aromatic nitrogens is 3. The highest BCUT2D eigenvalue weighted by molar-refractivity contribution is 6.99. The van der Waals surface area contributed by atoms with Gasteiger partial charge in [-0.05, 0) is 134 Å². The van der Waals surface area contributed by atoms with Crippen LogP contribution in [0.25, 0.3) is 127 Å². The van der Waals surface area contributed by atoms with Crippen LogP contribution in [0.15, 0.2) is 277 Å². The van der Waals surface area contributed by atoms with Crippen molar-refractivity contribution >= 4 is 128 Å². The van der Waals surface area contributed by atoms with Gasteiger partial charge in [-0.1, -0.05) is 223 Å². The Kier molecular flexibility index (Phi) is 9.68. The summed E-state index contributed by atoms with van der Waals surface area (Å²) < 4.78 is 96.0. The van der Waals surface area contributed by atoms with Crippen LogP contribution in [0.5, 0.6) is 11.5 Å². The van der Waals surface area contributed by atoms with Gasteiger partial charge in [-0.25, -0.2) is 0 Å². The minimum Gasteiger partial charge on any atom is -0.454 e. The highest BCUT2D eigenvalue weighted by Crippen LogP contribution is 2.52. The lowest BCUT2D eigenvalue weighted by Gasteiger charge is -2.42. The predicted molar refractivity (Wildman–Crippen MR) is 391 cm³/mol. The predicted octanol–water partition coefficient (Wildman–Crippen LogP) is 21.2. The minimum atomic E-state index is -0.539. The number of fused-ring (bicyclic) bond motifs is 17. The smallest absolute Gasteiger partial charge is 0.256 e. The van der Waals surface area contributed by atoms with E-state index in [1.165, 1.54) is 21.9 Å². The van der Waals surface area contributed by atoms with Crippen molar-refractivity contribution in [3.8, 4) is 50.8 Å². The number of benzene rings is 13. The Labute approximate surface area is 550 Å². The van der Waals surface area contributed by atoms with Crippen molar-refractivity contribution in [1.82, 2.24) is 13.7 Å². The maximum atomic E-state index is 9.72. The number of rotatable bonds is 6.